The van der Waals surface area contributed by atoms with E-state index in [1.54, 1.807) is 25.5 Å². The highest BCUT2D eigenvalue weighted by Gasteiger charge is 2.45. The number of hydrogen-bond acceptors (Lipinski definition) is 5. The first-order chi connectivity index (χ1) is 11.5. The average molecular weight is 350 g/mol. The fraction of sp³-hybridized carbons (Fsp3) is 0.438. The number of halogens is 2. The lowest BCUT2D eigenvalue weighted by molar-refractivity contribution is -0.0103. The third-order valence-corrected chi connectivity index (χ3v) is 5.27. The molecule has 0 radical (unpaired) electrons. The van der Waals surface area contributed by atoms with Crippen molar-refractivity contribution >= 4 is 17.3 Å². The van der Waals surface area contributed by atoms with E-state index in [1.165, 1.54) is 10.7 Å². The van der Waals surface area contributed by atoms with Crippen molar-refractivity contribution in [2.45, 2.75) is 25.0 Å². The van der Waals surface area contributed by atoms with Gasteiger partial charge >= 0.3 is 0 Å². The second kappa shape index (κ2) is 5.82. The Hall–Kier alpha value is -1.99. The van der Waals surface area contributed by atoms with Gasteiger partial charge in [0.25, 0.3) is 5.56 Å². The van der Waals surface area contributed by atoms with E-state index < -0.39 is 0 Å². The van der Waals surface area contributed by atoms with Crippen molar-refractivity contribution in [2.75, 3.05) is 18.0 Å². The molecule has 8 heteroatoms. The summed E-state index contributed by atoms with van der Waals surface area (Å²) in [6, 6.07) is 3.66. The number of aromatic nitrogens is 3. The number of nitrogens with zero attached hydrogens (tertiary/aromatic N) is 5. The molecule has 2 unspecified atom stereocenters. The molecule has 24 heavy (non-hydrogen) atoms. The maximum Gasteiger partial charge on any atom is 0.287 e. The van der Waals surface area contributed by atoms with E-state index in [9.17, 15) is 9.18 Å². The molecule has 0 N–H and O–H groups in total. The van der Waals surface area contributed by atoms with Crippen LogP contribution in [0.5, 0.6) is 0 Å². The van der Waals surface area contributed by atoms with Crippen LogP contribution in [0.2, 0.25) is 5.02 Å². The van der Waals surface area contributed by atoms with Gasteiger partial charge in [0.2, 0.25) is 0 Å². The van der Waals surface area contributed by atoms with Gasteiger partial charge in [-0.3, -0.25) is 14.7 Å². The van der Waals surface area contributed by atoms with E-state index in [-0.39, 0.29) is 16.4 Å². The average Bonchev–Trinajstić information content (AvgIpc) is 2.59. The molecule has 5 rings (SSSR count). The first-order valence-corrected chi connectivity index (χ1v) is 8.24. The van der Waals surface area contributed by atoms with Crippen LogP contribution in [0.3, 0.4) is 0 Å². The molecule has 3 aliphatic rings. The summed E-state index contributed by atoms with van der Waals surface area (Å²) in [6.45, 7) is 2.01. The van der Waals surface area contributed by atoms with Crippen LogP contribution in [0.25, 0.3) is 0 Å². The van der Waals surface area contributed by atoms with Crippen LogP contribution < -0.4 is 10.5 Å². The minimum absolute atomic E-state index is 0.205. The van der Waals surface area contributed by atoms with Crippen molar-refractivity contribution in [3.8, 4) is 0 Å². The summed E-state index contributed by atoms with van der Waals surface area (Å²) in [7, 11) is 1.58. The number of anilines is 1. The van der Waals surface area contributed by atoms with Gasteiger partial charge in [-0.15, -0.1) is 0 Å². The number of rotatable bonds is 3. The molecule has 2 aromatic heterocycles. The number of pyridine rings is 1. The summed E-state index contributed by atoms with van der Waals surface area (Å²) in [5.41, 5.74) is 0.868. The number of fused-ring (bicyclic) bond motifs is 2. The number of piperazine rings is 1. The molecule has 0 spiro atoms. The van der Waals surface area contributed by atoms with Crippen LogP contribution in [-0.4, -0.2) is 44.8 Å². The predicted octanol–water partition coefficient (Wildman–Crippen LogP) is 1.43. The van der Waals surface area contributed by atoms with Crippen molar-refractivity contribution in [1.29, 1.82) is 0 Å². The molecular weight excluding hydrogens is 333 g/mol. The molecule has 2 aromatic rings. The second-order valence-corrected chi connectivity index (χ2v) is 6.70. The largest absolute Gasteiger partial charge is 0.366 e. The topological polar surface area (TPSA) is 54.3 Å². The Balaban J connectivity index is 1.50. The Labute approximate surface area is 143 Å². The van der Waals surface area contributed by atoms with Gasteiger partial charge in [0.15, 0.2) is 0 Å². The summed E-state index contributed by atoms with van der Waals surface area (Å²) in [6.07, 6.45) is 4.32. The molecule has 0 aromatic carbocycles. The van der Waals surface area contributed by atoms with Crippen LogP contribution in [0, 0.1) is 5.82 Å². The standard InChI is InChI=1S/C16H17ClFN5O/c1-21-16(24)15(17)14(6-20-21)22-7-10-5-11(8-22)23(10)9-13-12(18)3-2-4-19-13/h2-4,6,10-11H,5,7-9H2,1H3. The van der Waals surface area contributed by atoms with Crippen LogP contribution in [0.15, 0.2) is 29.3 Å². The van der Waals surface area contributed by atoms with Gasteiger partial charge in [0.05, 0.1) is 17.6 Å². The van der Waals surface area contributed by atoms with Crippen LogP contribution in [-0.2, 0) is 13.6 Å². The summed E-state index contributed by atoms with van der Waals surface area (Å²) < 4.78 is 15.0. The minimum atomic E-state index is -0.291. The lowest BCUT2D eigenvalue weighted by Gasteiger charge is -2.56. The lowest BCUT2D eigenvalue weighted by Crippen LogP contribution is -2.68. The summed E-state index contributed by atoms with van der Waals surface area (Å²) in [5.74, 6) is -0.266. The highest BCUT2D eigenvalue weighted by molar-refractivity contribution is 6.33. The third-order valence-electron chi connectivity index (χ3n) is 4.91. The fourth-order valence-electron chi connectivity index (χ4n) is 3.57. The van der Waals surface area contributed by atoms with Crippen molar-refractivity contribution in [2.24, 2.45) is 7.05 Å². The zero-order chi connectivity index (χ0) is 16.8. The van der Waals surface area contributed by atoms with E-state index in [1.807, 2.05) is 0 Å². The van der Waals surface area contributed by atoms with Crippen molar-refractivity contribution in [3.63, 3.8) is 0 Å². The smallest absolute Gasteiger partial charge is 0.287 e. The van der Waals surface area contributed by atoms with Gasteiger partial charge in [-0.05, 0) is 18.6 Å². The number of aryl methyl sites for hydroxylation is 1. The van der Waals surface area contributed by atoms with Gasteiger partial charge in [0, 0.05) is 45.0 Å². The Morgan fingerprint density at radius 2 is 2.12 bits per heavy atom. The van der Waals surface area contributed by atoms with Crippen LogP contribution in [0.1, 0.15) is 12.1 Å². The summed E-state index contributed by atoms with van der Waals surface area (Å²) in [4.78, 5) is 20.4. The molecule has 0 amide bonds. The SMILES string of the molecule is Cn1ncc(N2CC3CC(C2)N3Cc2ncccc2F)c(Cl)c1=O. The van der Waals surface area contributed by atoms with E-state index in [0.717, 1.165) is 19.5 Å². The zero-order valence-corrected chi connectivity index (χ0v) is 13.9. The number of hydrogen-bond donors (Lipinski definition) is 0. The maximum absolute atomic E-state index is 13.8. The highest BCUT2D eigenvalue weighted by atomic mass is 35.5. The Morgan fingerprint density at radius 1 is 1.38 bits per heavy atom. The van der Waals surface area contributed by atoms with E-state index in [2.05, 4.69) is 19.9 Å². The van der Waals surface area contributed by atoms with Gasteiger partial charge in [-0.25, -0.2) is 9.07 Å². The summed E-state index contributed by atoms with van der Waals surface area (Å²) >= 11 is 6.19. The molecule has 6 nitrogen and oxygen atoms in total. The van der Waals surface area contributed by atoms with E-state index in [4.69, 9.17) is 11.6 Å². The quantitative estimate of drug-likeness (QED) is 0.839. The van der Waals surface area contributed by atoms with Crippen molar-refractivity contribution in [3.05, 3.63) is 51.4 Å². The summed E-state index contributed by atoms with van der Waals surface area (Å²) in [5, 5.41) is 4.26. The maximum atomic E-state index is 13.8. The molecule has 3 fully saturated rings. The monoisotopic (exact) mass is 349 g/mol. The van der Waals surface area contributed by atoms with Crippen molar-refractivity contribution < 1.29 is 4.39 Å². The Morgan fingerprint density at radius 3 is 2.83 bits per heavy atom. The normalized spacial score (nSPS) is 23.2. The van der Waals surface area contributed by atoms with Crippen molar-refractivity contribution in [1.82, 2.24) is 19.7 Å². The Kier molecular flexibility index (Phi) is 3.77. The molecule has 0 aliphatic carbocycles. The Bertz CT molecular complexity index is 829. The molecule has 2 atom stereocenters. The predicted molar refractivity (Wildman–Crippen MR) is 88.6 cm³/mol. The molecule has 3 aliphatic heterocycles. The third kappa shape index (κ3) is 2.48. The first kappa shape index (κ1) is 15.5. The first-order valence-electron chi connectivity index (χ1n) is 7.86. The molecule has 2 bridgehead atoms. The molecule has 0 saturated carbocycles. The van der Waals surface area contributed by atoms with E-state index in [0.29, 0.717) is 30.0 Å². The zero-order valence-electron chi connectivity index (χ0n) is 13.2. The highest BCUT2D eigenvalue weighted by Crippen LogP contribution is 2.36. The van der Waals surface area contributed by atoms with Gasteiger partial charge in [0.1, 0.15) is 10.8 Å². The van der Waals surface area contributed by atoms with Crippen LogP contribution in [0.4, 0.5) is 10.1 Å². The molecule has 126 valence electrons. The number of piperidine rings is 1. The van der Waals surface area contributed by atoms with Gasteiger partial charge < -0.3 is 4.90 Å². The van der Waals surface area contributed by atoms with Gasteiger partial charge in [-0.1, -0.05) is 11.6 Å². The second-order valence-electron chi connectivity index (χ2n) is 6.33. The molecule has 3 saturated heterocycles. The van der Waals surface area contributed by atoms with Crippen LogP contribution >= 0.6 is 11.6 Å². The minimum Gasteiger partial charge on any atom is -0.366 e. The van der Waals surface area contributed by atoms with E-state index >= 15 is 0 Å². The molecule has 5 heterocycles. The molecular formula is C16H17ClFN5O. The van der Waals surface area contributed by atoms with Gasteiger partial charge in [-0.2, -0.15) is 5.10 Å². The lowest BCUT2D eigenvalue weighted by atomic mass is 9.87. The fourth-order valence-corrected chi connectivity index (χ4v) is 3.86.